The van der Waals surface area contributed by atoms with Crippen molar-refractivity contribution in [3.05, 3.63) is 47.2 Å². The molecule has 0 aliphatic heterocycles. The van der Waals surface area contributed by atoms with Gasteiger partial charge in [0.1, 0.15) is 0 Å². The van der Waals surface area contributed by atoms with Crippen molar-refractivity contribution in [2.45, 2.75) is 39.2 Å². The molecule has 2 aromatic rings. The normalized spacial score (nSPS) is 12.6. The Morgan fingerprint density at radius 1 is 1.19 bits per heavy atom. The van der Waals surface area contributed by atoms with Gasteiger partial charge in [0, 0.05) is 0 Å². The Hall–Kier alpha value is -1.82. The molecular weight excluding hydrogens is 276 g/mol. The molecule has 0 amide bonds. The SMILES string of the molecule is CCCNC(CC)c1nnc(Cc2ccc(F)c(F)c2)o1. The minimum absolute atomic E-state index is 0.0242. The van der Waals surface area contributed by atoms with Gasteiger partial charge in [-0.2, -0.15) is 0 Å². The summed E-state index contributed by atoms with van der Waals surface area (Å²) in [6, 6.07) is 3.77. The predicted molar refractivity (Wildman–Crippen MR) is 74.8 cm³/mol. The largest absolute Gasteiger partial charge is 0.423 e. The quantitative estimate of drug-likeness (QED) is 0.850. The highest BCUT2D eigenvalue weighted by Crippen LogP contribution is 2.17. The number of nitrogens with zero attached hydrogens (tertiary/aromatic N) is 2. The van der Waals surface area contributed by atoms with Crippen LogP contribution in [0.5, 0.6) is 0 Å². The third-order valence-corrected chi connectivity index (χ3v) is 3.17. The van der Waals surface area contributed by atoms with Crippen molar-refractivity contribution >= 4 is 0 Å². The lowest BCUT2D eigenvalue weighted by Gasteiger charge is -2.11. The zero-order valence-electron chi connectivity index (χ0n) is 12.2. The minimum atomic E-state index is -0.872. The smallest absolute Gasteiger partial charge is 0.233 e. The second kappa shape index (κ2) is 7.26. The average Bonchev–Trinajstić information content (AvgIpc) is 2.92. The Balaban J connectivity index is 2.06. The van der Waals surface area contributed by atoms with Crippen molar-refractivity contribution in [2.75, 3.05) is 6.54 Å². The molecule has 0 radical (unpaired) electrons. The third kappa shape index (κ3) is 4.07. The van der Waals surface area contributed by atoms with E-state index in [-0.39, 0.29) is 12.5 Å². The molecule has 6 heteroatoms. The van der Waals surface area contributed by atoms with Crippen LogP contribution >= 0.6 is 0 Å². The molecule has 2 rings (SSSR count). The molecule has 0 aliphatic carbocycles. The second-order valence-electron chi connectivity index (χ2n) is 4.87. The molecule has 0 saturated carbocycles. The van der Waals surface area contributed by atoms with Gasteiger partial charge in [0.2, 0.25) is 11.8 Å². The van der Waals surface area contributed by atoms with E-state index in [0.29, 0.717) is 17.3 Å². The lowest BCUT2D eigenvalue weighted by Crippen LogP contribution is -2.21. The molecule has 4 nitrogen and oxygen atoms in total. The lowest BCUT2D eigenvalue weighted by molar-refractivity contribution is 0.376. The van der Waals surface area contributed by atoms with Gasteiger partial charge in [-0.3, -0.25) is 0 Å². The molecule has 0 bridgehead atoms. The maximum atomic E-state index is 13.2. The molecule has 0 saturated heterocycles. The lowest BCUT2D eigenvalue weighted by atomic mass is 10.1. The van der Waals surface area contributed by atoms with E-state index in [1.54, 1.807) is 0 Å². The van der Waals surface area contributed by atoms with Gasteiger partial charge in [0.25, 0.3) is 0 Å². The fraction of sp³-hybridized carbons (Fsp3) is 0.467. The summed E-state index contributed by atoms with van der Waals surface area (Å²) in [5.41, 5.74) is 0.596. The molecule has 0 fully saturated rings. The molecule has 1 aromatic carbocycles. The minimum Gasteiger partial charge on any atom is -0.423 e. The molecule has 1 N–H and O–H groups in total. The van der Waals surface area contributed by atoms with Crippen LogP contribution in [0.3, 0.4) is 0 Å². The van der Waals surface area contributed by atoms with E-state index in [9.17, 15) is 8.78 Å². The Morgan fingerprint density at radius 2 is 2.00 bits per heavy atom. The summed E-state index contributed by atoms with van der Waals surface area (Å²) >= 11 is 0. The molecule has 1 heterocycles. The Morgan fingerprint density at radius 3 is 2.67 bits per heavy atom. The molecule has 0 aliphatic rings. The maximum Gasteiger partial charge on any atom is 0.233 e. The number of hydrogen-bond donors (Lipinski definition) is 1. The summed E-state index contributed by atoms with van der Waals surface area (Å²) in [5, 5.41) is 11.3. The Kier molecular flexibility index (Phi) is 5.38. The number of halogens is 2. The van der Waals surface area contributed by atoms with Gasteiger partial charge in [0.05, 0.1) is 12.5 Å². The summed E-state index contributed by atoms with van der Waals surface area (Å²) < 4.78 is 31.6. The fourth-order valence-electron chi connectivity index (χ4n) is 2.03. The maximum absolute atomic E-state index is 13.2. The van der Waals surface area contributed by atoms with Crippen molar-refractivity contribution in [3.63, 3.8) is 0 Å². The number of rotatable bonds is 7. The van der Waals surface area contributed by atoms with Gasteiger partial charge in [0.15, 0.2) is 11.6 Å². The number of benzene rings is 1. The van der Waals surface area contributed by atoms with Crippen LogP contribution in [0, 0.1) is 11.6 Å². The van der Waals surface area contributed by atoms with Crippen LogP contribution in [-0.2, 0) is 6.42 Å². The molecule has 1 atom stereocenters. The first kappa shape index (κ1) is 15.6. The highest BCUT2D eigenvalue weighted by atomic mass is 19.2. The van der Waals surface area contributed by atoms with Crippen molar-refractivity contribution < 1.29 is 13.2 Å². The number of nitrogens with one attached hydrogen (secondary N) is 1. The first-order valence-electron chi connectivity index (χ1n) is 7.13. The fourth-order valence-corrected chi connectivity index (χ4v) is 2.03. The standard InChI is InChI=1S/C15H19F2N3O/c1-3-7-18-13(4-2)15-20-19-14(21-15)9-10-5-6-11(16)12(17)8-10/h5-6,8,13,18H,3-4,7,9H2,1-2H3. The summed E-state index contributed by atoms with van der Waals surface area (Å²) in [6.45, 7) is 4.99. The van der Waals surface area contributed by atoms with E-state index in [1.807, 2.05) is 6.92 Å². The first-order chi connectivity index (χ1) is 10.1. The molecule has 1 aromatic heterocycles. The van der Waals surface area contributed by atoms with Gasteiger partial charge in [-0.05, 0) is 37.1 Å². The predicted octanol–water partition coefficient (Wildman–Crippen LogP) is 3.39. The van der Waals surface area contributed by atoms with Crippen LogP contribution in [0.4, 0.5) is 8.78 Å². The highest BCUT2D eigenvalue weighted by Gasteiger charge is 2.16. The monoisotopic (exact) mass is 295 g/mol. The Labute approximate surface area is 122 Å². The number of hydrogen-bond acceptors (Lipinski definition) is 4. The van der Waals surface area contributed by atoms with Gasteiger partial charge in [-0.1, -0.05) is 19.9 Å². The van der Waals surface area contributed by atoms with E-state index in [1.165, 1.54) is 6.07 Å². The van der Waals surface area contributed by atoms with Crippen LogP contribution in [0.1, 0.15) is 50.1 Å². The summed E-state index contributed by atoms with van der Waals surface area (Å²) in [7, 11) is 0. The number of aromatic nitrogens is 2. The third-order valence-electron chi connectivity index (χ3n) is 3.17. The van der Waals surface area contributed by atoms with E-state index in [0.717, 1.165) is 31.5 Å². The van der Waals surface area contributed by atoms with Gasteiger partial charge >= 0.3 is 0 Å². The summed E-state index contributed by atoms with van der Waals surface area (Å²) in [6.07, 6.45) is 2.15. The van der Waals surface area contributed by atoms with Crippen LogP contribution in [0.2, 0.25) is 0 Å². The topological polar surface area (TPSA) is 51.0 Å². The van der Waals surface area contributed by atoms with Crippen molar-refractivity contribution in [3.8, 4) is 0 Å². The van der Waals surface area contributed by atoms with Crippen LogP contribution in [-0.4, -0.2) is 16.7 Å². The van der Waals surface area contributed by atoms with Gasteiger partial charge in [-0.15, -0.1) is 10.2 Å². The van der Waals surface area contributed by atoms with Crippen molar-refractivity contribution in [1.29, 1.82) is 0 Å². The van der Waals surface area contributed by atoms with Gasteiger partial charge in [-0.25, -0.2) is 8.78 Å². The molecule has 0 spiro atoms. The summed E-state index contributed by atoms with van der Waals surface area (Å²) in [5.74, 6) is -0.806. The first-order valence-corrected chi connectivity index (χ1v) is 7.13. The van der Waals surface area contributed by atoms with Crippen LogP contribution in [0.15, 0.2) is 22.6 Å². The van der Waals surface area contributed by atoms with E-state index in [2.05, 4.69) is 22.4 Å². The van der Waals surface area contributed by atoms with E-state index in [4.69, 9.17) is 4.42 Å². The highest BCUT2D eigenvalue weighted by molar-refractivity contribution is 5.20. The molecular formula is C15H19F2N3O. The van der Waals surface area contributed by atoms with Crippen molar-refractivity contribution in [2.24, 2.45) is 0 Å². The average molecular weight is 295 g/mol. The second-order valence-corrected chi connectivity index (χ2v) is 4.87. The molecule has 1 unspecified atom stereocenters. The van der Waals surface area contributed by atoms with Crippen molar-refractivity contribution in [1.82, 2.24) is 15.5 Å². The molecule has 114 valence electrons. The zero-order valence-corrected chi connectivity index (χ0v) is 12.2. The molecule has 21 heavy (non-hydrogen) atoms. The Bertz CT molecular complexity index is 586. The zero-order chi connectivity index (χ0) is 15.2. The van der Waals surface area contributed by atoms with Crippen LogP contribution < -0.4 is 5.32 Å². The van der Waals surface area contributed by atoms with Gasteiger partial charge < -0.3 is 9.73 Å². The summed E-state index contributed by atoms with van der Waals surface area (Å²) in [4.78, 5) is 0. The van der Waals surface area contributed by atoms with E-state index >= 15 is 0 Å². The van der Waals surface area contributed by atoms with Crippen LogP contribution in [0.25, 0.3) is 0 Å². The van der Waals surface area contributed by atoms with E-state index < -0.39 is 11.6 Å².